The Bertz CT molecular complexity index is 275. The van der Waals surface area contributed by atoms with Gasteiger partial charge in [0.1, 0.15) is 6.04 Å². The molecule has 7 heteroatoms. The molecule has 0 bridgehead atoms. The Morgan fingerprint density at radius 1 is 1.06 bits per heavy atom. The Balaban J connectivity index is 3.95. The molecule has 0 heterocycles. The lowest BCUT2D eigenvalue weighted by atomic mass is 10.0. The van der Waals surface area contributed by atoms with E-state index in [1.807, 2.05) is 13.8 Å². The van der Waals surface area contributed by atoms with Crippen molar-refractivity contribution in [3.8, 4) is 0 Å². The van der Waals surface area contributed by atoms with Crippen molar-refractivity contribution in [2.24, 2.45) is 5.92 Å². The molecule has 3 N–H and O–H groups in total. The van der Waals surface area contributed by atoms with Crippen LogP contribution in [0.25, 0.3) is 0 Å². The molecule has 0 aliphatic rings. The van der Waals surface area contributed by atoms with Crippen LogP contribution in [0.2, 0.25) is 0 Å². The fourth-order valence-electron chi connectivity index (χ4n) is 1.38. The maximum absolute atomic E-state index is 11.7. The first-order chi connectivity index (χ1) is 8.43. The summed E-state index contributed by atoms with van der Waals surface area (Å²) in [6.07, 6.45) is 0. The van der Waals surface area contributed by atoms with E-state index in [0.717, 1.165) is 0 Å². The largest absolute Gasteiger partial charge is 0.480 e. The summed E-state index contributed by atoms with van der Waals surface area (Å²) in [6.45, 7) is 4.68. The molecule has 0 radical (unpaired) electrons. The highest BCUT2D eigenvalue weighted by atomic mass is 32.1. The molecule has 0 amide bonds. The molecule has 0 aliphatic carbocycles. The predicted octanol–water partition coefficient (Wildman–Crippen LogP) is 0.0721. The van der Waals surface area contributed by atoms with Gasteiger partial charge in [0.2, 0.25) is 0 Å². The number of thiol groups is 2. The van der Waals surface area contributed by atoms with E-state index in [4.69, 9.17) is 5.11 Å². The molecule has 106 valence electrons. The first-order valence-electron chi connectivity index (χ1n) is 5.89. The van der Waals surface area contributed by atoms with E-state index in [-0.39, 0.29) is 23.5 Å². The Hall–Kier alpha value is -0.240. The third-order valence-corrected chi connectivity index (χ3v) is 3.21. The summed E-state index contributed by atoms with van der Waals surface area (Å²) >= 11 is 8.08. The summed E-state index contributed by atoms with van der Waals surface area (Å²) in [6, 6.07) is -0.945. The second kappa shape index (κ2) is 9.66. The first kappa shape index (κ1) is 17.8. The van der Waals surface area contributed by atoms with Crippen LogP contribution in [0.5, 0.6) is 0 Å². The van der Waals surface area contributed by atoms with Crippen molar-refractivity contribution in [1.82, 2.24) is 10.6 Å². The summed E-state index contributed by atoms with van der Waals surface area (Å²) in [5.41, 5.74) is 0. The average molecular weight is 294 g/mol. The van der Waals surface area contributed by atoms with Crippen molar-refractivity contribution < 1.29 is 14.7 Å². The molecule has 2 unspecified atom stereocenters. The number of carbonyl (C=O) groups is 2. The van der Waals surface area contributed by atoms with Crippen LogP contribution in [-0.4, -0.2) is 53.5 Å². The standard InChI is InChI=1S/C11H22N2O3S2/c1-7(2)10(14)8(5-17)12-3-4-13-9(6-18)11(15)16/h7-9,12-13,17-18H,3-6H2,1-2H3,(H,15,16). The normalized spacial score (nSPS) is 14.5. The maximum atomic E-state index is 11.7. The molecule has 0 aromatic carbocycles. The Labute approximate surface area is 119 Å². The molecule has 0 saturated carbocycles. The Morgan fingerprint density at radius 2 is 1.50 bits per heavy atom. The summed E-state index contributed by atoms with van der Waals surface area (Å²) in [5.74, 6) is -0.169. The van der Waals surface area contributed by atoms with Crippen molar-refractivity contribution in [2.75, 3.05) is 24.6 Å². The lowest BCUT2D eigenvalue weighted by molar-refractivity contribution is -0.138. The predicted molar refractivity (Wildman–Crippen MR) is 78.8 cm³/mol. The summed E-state index contributed by atoms with van der Waals surface area (Å²) in [4.78, 5) is 22.4. The second-order valence-corrected chi connectivity index (χ2v) is 5.00. The van der Waals surface area contributed by atoms with Crippen LogP contribution in [0.4, 0.5) is 0 Å². The van der Waals surface area contributed by atoms with Crippen molar-refractivity contribution in [2.45, 2.75) is 25.9 Å². The van der Waals surface area contributed by atoms with Crippen molar-refractivity contribution in [3.05, 3.63) is 0 Å². The van der Waals surface area contributed by atoms with Crippen LogP contribution >= 0.6 is 25.3 Å². The number of aliphatic carboxylic acids is 1. The molecule has 0 rings (SSSR count). The Morgan fingerprint density at radius 3 is 1.83 bits per heavy atom. The molecule has 5 nitrogen and oxygen atoms in total. The molecule has 0 aromatic heterocycles. The molecule has 0 aliphatic heterocycles. The van der Waals surface area contributed by atoms with Gasteiger partial charge in [-0.15, -0.1) is 0 Å². The van der Waals surface area contributed by atoms with Crippen molar-refractivity contribution in [3.63, 3.8) is 0 Å². The number of nitrogens with one attached hydrogen (secondary N) is 2. The third-order valence-electron chi connectivity index (χ3n) is 2.48. The van der Waals surface area contributed by atoms with Crippen LogP contribution in [0.15, 0.2) is 0 Å². The van der Waals surface area contributed by atoms with Crippen molar-refractivity contribution in [1.29, 1.82) is 0 Å². The SMILES string of the molecule is CC(C)C(=O)C(CS)NCCNC(CS)C(=O)O. The van der Waals surface area contributed by atoms with Crippen LogP contribution < -0.4 is 10.6 Å². The van der Waals surface area contributed by atoms with Crippen LogP contribution in [0, 0.1) is 5.92 Å². The van der Waals surface area contributed by atoms with E-state index in [1.54, 1.807) is 0 Å². The van der Waals surface area contributed by atoms with Gasteiger partial charge in [-0.05, 0) is 0 Å². The van der Waals surface area contributed by atoms with Gasteiger partial charge < -0.3 is 15.7 Å². The Kier molecular flexibility index (Phi) is 9.53. The highest BCUT2D eigenvalue weighted by Gasteiger charge is 2.19. The van der Waals surface area contributed by atoms with Crippen LogP contribution in [0.3, 0.4) is 0 Å². The van der Waals surface area contributed by atoms with Gasteiger partial charge in [-0.3, -0.25) is 9.59 Å². The van der Waals surface area contributed by atoms with Crippen LogP contribution in [-0.2, 0) is 9.59 Å². The van der Waals surface area contributed by atoms with Crippen molar-refractivity contribution >= 4 is 37.0 Å². The van der Waals surface area contributed by atoms with E-state index in [0.29, 0.717) is 18.8 Å². The number of Topliss-reactive ketones (excluding diaryl/α,β-unsaturated/α-hetero) is 1. The number of hydrogen-bond acceptors (Lipinski definition) is 6. The summed E-state index contributed by atoms with van der Waals surface area (Å²) in [7, 11) is 0. The minimum absolute atomic E-state index is 0.0354. The van der Waals surface area contributed by atoms with E-state index in [1.165, 1.54) is 0 Å². The van der Waals surface area contributed by atoms with Gasteiger partial charge in [-0.25, -0.2) is 0 Å². The zero-order valence-electron chi connectivity index (χ0n) is 10.7. The lowest BCUT2D eigenvalue weighted by Gasteiger charge is -2.18. The quantitative estimate of drug-likeness (QED) is 0.291. The van der Waals surface area contributed by atoms with Gasteiger partial charge >= 0.3 is 5.97 Å². The first-order valence-corrected chi connectivity index (χ1v) is 7.15. The van der Waals surface area contributed by atoms with E-state index in [2.05, 4.69) is 35.9 Å². The highest BCUT2D eigenvalue weighted by Crippen LogP contribution is 2.01. The van der Waals surface area contributed by atoms with Gasteiger partial charge in [0.15, 0.2) is 5.78 Å². The molecule has 2 atom stereocenters. The number of ketones is 1. The molecular weight excluding hydrogens is 272 g/mol. The minimum Gasteiger partial charge on any atom is -0.480 e. The van der Waals surface area contributed by atoms with E-state index in [9.17, 15) is 9.59 Å². The van der Waals surface area contributed by atoms with Gasteiger partial charge in [-0.1, -0.05) is 13.8 Å². The average Bonchev–Trinajstić information content (AvgIpc) is 2.32. The number of carboxylic acids is 1. The van der Waals surface area contributed by atoms with E-state index < -0.39 is 12.0 Å². The van der Waals surface area contributed by atoms with Gasteiger partial charge in [0, 0.05) is 30.5 Å². The highest BCUT2D eigenvalue weighted by molar-refractivity contribution is 7.80. The molecule has 0 aromatic rings. The monoisotopic (exact) mass is 294 g/mol. The minimum atomic E-state index is -0.922. The van der Waals surface area contributed by atoms with Gasteiger partial charge in [0.05, 0.1) is 6.04 Å². The third kappa shape index (κ3) is 6.63. The fraction of sp³-hybridized carbons (Fsp3) is 0.818. The van der Waals surface area contributed by atoms with Crippen LogP contribution in [0.1, 0.15) is 13.8 Å². The zero-order valence-corrected chi connectivity index (χ0v) is 12.5. The maximum Gasteiger partial charge on any atom is 0.321 e. The number of carboxylic acid groups (broad SMARTS) is 1. The summed E-state index contributed by atoms with van der Waals surface area (Å²) < 4.78 is 0. The molecule has 0 fully saturated rings. The summed E-state index contributed by atoms with van der Waals surface area (Å²) in [5, 5.41) is 14.7. The molecule has 0 saturated heterocycles. The molecular formula is C11H22N2O3S2. The molecule has 0 spiro atoms. The zero-order chi connectivity index (χ0) is 14.1. The number of hydrogen-bond donors (Lipinski definition) is 5. The fourth-order valence-corrected chi connectivity index (χ4v) is 1.97. The molecule has 18 heavy (non-hydrogen) atoms. The number of rotatable bonds is 10. The van der Waals surface area contributed by atoms with E-state index >= 15 is 0 Å². The lowest BCUT2D eigenvalue weighted by Crippen LogP contribution is -2.46. The van der Waals surface area contributed by atoms with Gasteiger partial charge in [0.25, 0.3) is 0 Å². The second-order valence-electron chi connectivity index (χ2n) is 4.27. The smallest absolute Gasteiger partial charge is 0.321 e. The topological polar surface area (TPSA) is 78.4 Å². The van der Waals surface area contributed by atoms with Gasteiger partial charge in [-0.2, -0.15) is 25.3 Å². The number of carbonyl (C=O) groups excluding carboxylic acids is 1.